The molecule has 0 spiro atoms. The molecular formula is C32H32ClN3O4S. The highest BCUT2D eigenvalue weighted by Gasteiger charge is 2.34. The Morgan fingerprint density at radius 1 is 0.805 bits per heavy atom. The van der Waals surface area contributed by atoms with Crippen LogP contribution in [0.4, 0.5) is 5.69 Å². The first-order chi connectivity index (χ1) is 19.8. The summed E-state index contributed by atoms with van der Waals surface area (Å²) in [5.41, 5.74) is 1.92. The van der Waals surface area contributed by atoms with Gasteiger partial charge in [0.15, 0.2) is 0 Å². The van der Waals surface area contributed by atoms with Gasteiger partial charge in [0.05, 0.1) is 10.6 Å². The minimum Gasteiger partial charge on any atom is -0.355 e. The Bertz CT molecular complexity index is 1550. The highest BCUT2D eigenvalue weighted by Crippen LogP contribution is 2.27. The van der Waals surface area contributed by atoms with Crippen LogP contribution in [-0.4, -0.2) is 44.3 Å². The highest BCUT2D eigenvalue weighted by molar-refractivity contribution is 7.92. The van der Waals surface area contributed by atoms with E-state index in [1.165, 1.54) is 23.1 Å². The van der Waals surface area contributed by atoms with Crippen LogP contribution in [0.1, 0.15) is 18.1 Å². The molecule has 0 aliphatic heterocycles. The quantitative estimate of drug-likeness (QED) is 0.243. The molecule has 0 saturated heterocycles. The maximum absolute atomic E-state index is 14.2. The van der Waals surface area contributed by atoms with E-state index in [1.807, 2.05) is 67.6 Å². The van der Waals surface area contributed by atoms with Gasteiger partial charge in [-0.2, -0.15) is 0 Å². The van der Waals surface area contributed by atoms with Crippen molar-refractivity contribution >= 4 is 39.1 Å². The van der Waals surface area contributed by atoms with Crippen LogP contribution in [0.25, 0.3) is 0 Å². The molecule has 2 amide bonds. The van der Waals surface area contributed by atoms with Crippen LogP contribution in [0.3, 0.4) is 0 Å². The van der Waals surface area contributed by atoms with Gasteiger partial charge in [0.1, 0.15) is 12.6 Å². The number of anilines is 1. The van der Waals surface area contributed by atoms with Crippen molar-refractivity contribution in [3.8, 4) is 0 Å². The monoisotopic (exact) mass is 589 g/mol. The molecule has 0 saturated carbocycles. The molecule has 1 N–H and O–H groups in total. The molecule has 0 fully saturated rings. The summed E-state index contributed by atoms with van der Waals surface area (Å²) in [5.74, 6) is -0.846. The van der Waals surface area contributed by atoms with Crippen molar-refractivity contribution in [1.29, 1.82) is 0 Å². The van der Waals surface area contributed by atoms with E-state index in [0.29, 0.717) is 11.6 Å². The molecule has 0 aliphatic rings. The lowest BCUT2D eigenvalue weighted by molar-refractivity contribution is -0.140. The minimum atomic E-state index is -4.16. The van der Waals surface area contributed by atoms with Crippen molar-refractivity contribution in [3.05, 3.63) is 131 Å². The van der Waals surface area contributed by atoms with Crippen LogP contribution in [0.5, 0.6) is 0 Å². The number of hydrogen-bond donors (Lipinski definition) is 1. The van der Waals surface area contributed by atoms with Crippen LogP contribution in [0.15, 0.2) is 120 Å². The van der Waals surface area contributed by atoms with E-state index < -0.39 is 28.5 Å². The second-order valence-electron chi connectivity index (χ2n) is 9.41. The van der Waals surface area contributed by atoms with Crippen LogP contribution in [0.2, 0.25) is 5.02 Å². The van der Waals surface area contributed by atoms with Crippen molar-refractivity contribution < 1.29 is 18.0 Å². The van der Waals surface area contributed by atoms with E-state index in [-0.39, 0.29) is 29.5 Å². The van der Waals surface area contributed by atoms with Crippen LogP contribution < -0.4 is 9.62 Å². The molecule has 0 unspecified atom stereocenters. The van der Waals surface area contributed by atoms with Crippen molar-refractivity contribution in [1.82, 2.24) is 10.2 Å². The Kier molecular flexibility index (Phi) is 10.2. The van der Waals surface area contributed by atoms with Gasteiger partial charge in [-0.15, -0.1) is 0 Å². The lowest BCUT2D eigenvalue weighted by Crippen LogP contribution is -2.53. The van der Waals surface area contributed by atoms with Gasteiger partial charge in [0.25, 0.3) is 10.0 Å². The standard InChI is InChI=1S/C32H32ClN3O4S/c1-2-34-32(38)30(21-25-13-6-3-7-14-25)35(23-26-15-8-4-9-16-26)31(37)24-36(28-18-12-17-27(33)22-28)41(39,40)29-19-10-5-11-20-29/h3-20,22,30H,2,21,23-24H2,1H3,(H,34,38)/t30-/m1/s1. The van der Waals surface area contributed by atoms with E-state index >= 15 is 0 Å². The SMILES string of the molecule is CCNC(=O)[C@@H](Cc1ccccc1)N(Cc1ccccc1)C(=O)CN(c1cccc(Cl)c1)S(=O)(=O)c1ccccc1. The molecule has 0 bridgehead atoms. The molecule has 7 nitrogen and oxygen atoms in total. The third-order valence-corrected chi connectivity index (χ3v) is 8.55. The summed E-state index contributed by atoms with van der Waals surface area (Å²) >= 11 is 6.24. The van der Waals surface area contributed by atoms with Gasteiger partial charge in [0.2, 0.25) is 11.8 Å². The second kappa shape index (κ2) is 14.0. The lowest BCUT2D eigenvalue weighted by atomic mass is 10.0. The zero-order valence-corrected chi connectivity index (χ0v) is 24.3. The topological polar surface area (TPSA) is 86.8 Å². The third-order valence-electron chi connectivity index (χ3n) is 6.52. The van der Waals surface area contributed by atoms with E-state index in [4.69, 9.17) is 11.6 Å². The van der Waals surface area contributed by atoms with Crippen molar-refractivity contribution in [2.24, 2.45) is 0 Å². The average Bonchev–Trinajstić information content (AvgIpc) is 2.99. The van der Waals surface area contributed by atoms with Crippen molar-refractivity contribution in [3.63, 3.8) is 0 Å². The summed E-state index contributed by atoms with van der Waals surface area (Å²) in [6, 6.07) is 32.1. The van der Waals surface area contributed by atoms with Crippen LogP contribution in [0, 0.1) is 0 Å². The maximum Gasteiger partial charge on any atom is 0.264 e. The largest absolute Gasteiger partial charge is 0.355 e. The van der Waals surface area contributed by atoms with Crippen molar-refractivity contribution in [2.75, 3.05) is 17.4 Å². The predicted molar refractivity (Wildman–Crippen MR) is 162 cm³/mol. The van der Waals surface area contributed by atoms with E-state index in [1.54, 1.807) is 36.4 Å². The summed E-state index contributed by atoms with van der Waals surface area (Å²) < 4.78 is 28.8. The molecule has 41 heavy (non-hydrogen) atoms. The zero-order chi connectivity index (χ0) is 29.2. The summed E-state index contributed by atoms with van der Waals surface area (Å²) in [6.45, 7) is 1.78. The van der Waals surface area contributed by atoms with Crippen LogP contribution >= 0.6 is 11.6 Å². The van der Waals surface area contributed by atoms with Gasteiger partial charge in [-0.3, -0.25) is 13.9 Å². The van der Waals surface area contributed by atoms with E-state index in [2.05, 4.69) is 5.32 Å². The minimum absolute atomic E-state index is 0.0342. The molecule has 0 radical (unpaired) electrons. The Balaban J connectivity index is 1.78. The molecule has 4 aromatic rings. The van der Waals surface area contributed by atoms with Gasteiger partial charge < -0.3 is 10.2 Å². The number of carbonyl (C=O) groups is 2. The Hall–Kier alpha value is -4.14. The highest BCUT2D eigenvalue weighted by atomic mass is 35.5. The number of rotatable bonds is 12. The Labute approximate surface area is 246 Å². The summed E-state index contributed by atoms with van der Waals surface area (Å²) in [4.78, 5) is 29.2. The van der Waals surface area contributed by atoms with Crippen LogP contribution in [-0.2, 0) is 32.6 Å². The number of carbonyl (C=O) groups excluding carboxylic acids is 2. The number of amides is 2. The number of likely N-dealkylation sites (N-methyl/N-ethyl adjacent to an activating group) is 1. The molecule has 1 atom stereocenters. The fourth-order valence-electron chi connectivity index (χ4n) is 4.51. The lowest BCUT2D eigenvalue weighted by Gasteiger charge is -2.33. The molecule has 0 aliphatic carbocycles. The predicted octanol–water partition coefficient (Wildman–Crippen LogP) is 5.31. The molecular weight excluding hydrogens is 558 g/mol. The number of hydrogen-bond acceptors (Lipinski definition) is 4. The van der Waals surface area contributed by atoms with Gasteiger partial charge in [-0.1, -0.05) is 96.5 Å². The van der Waals surface area contributed by atoms with Gasteiger partial charge >= 0.3 is 0 Å². The average molecular weight is 590 g/mol. The fourth-order valence-corrected chi connectivity index (χ4v) is 6.12. The molecule has 212 valence electrons. The normalized spacial score (nSPS) is 11.9. The van der Waals surface area contributed by atoms with Gasteiger partial charge in [-0.25, -0.2) is 8.42 Å². The number of nitrogens with one attached hydrogen (secondary N) is 1. The first kappa shape index (κ1) is 29.8. The maximum atomic E-state index is 14.2. The molecule has 4 aromatic carbocycles. The zero-order valence-electron chi connectivity index (χ0n) is 22.7. The number of nitrogens with zero attached hydrogens (tertiary/aromatic N) is 2. The molecule has 4 rings (SSSR count). The third kappa shape index (κ3) is 7.74. The van der Waals surface area contributed by atoms with E-state index in [0.717, 1.165) is 15.4 Å². The molecule has 0 aromatic heterocycles. The second-order valence-corrected chi connectivity index (χ2v) is 11.7. The fraction of sp³-hybridized carbons (Fsp3) is 0.188. The van der Waals surface area contributed by atoms with Gasteiger partial charge in [0, 0.05) is 24.5 Å². The summed E-state index contributed by atoms with van der Waals surface area (Å²) in [6.07, 6.45) is 0.258. The first-order valence-electron chi connectivity index (χ1n) is 13.3. The van der Waals surface area contributed by atoms with Crippen molar-refractivity contribution in [2.45, 2.75) is 30.8 Å². The first-order valence-corrected chi connectivity index (χ1v) is 15.1. The Morgan fingerprint density at radius 3 is 1.98 bits per heavy atom. The van der Waals surface area contributed by atoms with E-state index in [9.17, 15) is 18.0 Å². The number of halogens is 1. The summed E-state index contributed by atoms with van der Waals surface area (Å²) in [7, 11) is -4.16. The Morgan fingerprint density at radius 2 is 1.39 bits per heavy atom. The smallest absolute Gasteiger partial charge is 0.264 e. The number of sulfonamides is 1. The molecule has 9 heteroatoms. The summed E-state index contributed by atoms with van der Waals surface area (Å²) in [5, 5.41) is 3.18. The van der Waals surface area contributed by atoms with Gasteiger partial charge in [-0.05, 0) is 48.4 Å². The number of benzene rings is 4. The molecule has 0 heterocycles.